The van der Waals surface area contributed by atoms with Crippen molar-refractivity contribution in [2.45, 2.75) is 25.7 Å². The summed E-state index contributed by atoms with van der Waals surface area (Å²) < 4.78 is 0. The lowest BCUT2D eigenvalue weighted by atomic mass is 9.93. The highest BCUT2D eigenvalue weighted by molar-refractivity contribution is 6.30. The molecule has 0 spiro atoms. The van der Waals surface area contributed by atoms with Crippen molar-refractivity contribution in [3.63, 3.8) is 0 Å². The van der Waals surface area contributed by atoms with Gasteiger partial charge < -0.3 is 15.3 Å². The molecule has 1 unspecified atom stereocenters. The number of likely N-dealkylation sites (tertiary alicyclic amines) is 1. The van der Waals surface area contributed by atoms with E-state index in [-0.39, 0.29) is 30.7 Å². The van der Waals surface area contributed by atoms with Crippen LogP contribution in [0.1, 0.15) is 36.0 Å². The van der Waals surface area contributed by atoms with Crippen LogP contribution in [0.25, 0.3) is 0 Å². The van der Waals surface area contributed by atoms with E-state index in [1.54, 1.807) is 29.2 Å². The van der Waals surface area contributed by atoms with Gasteiger partial charge in [-0.1, -0.05) is 17.7 Å². The maximum absolute atomic E-state index is 12.3. The summed E-state index contributed by atoms with van der Waals surface area (Å²) in [5.41, 5.74) is 0.410. The van der Waals surface area contributed by atoms with Gasteiger partial charge >= 0.3 is 5.97 Å². The Morgan fingerprint density at radius 3 is 2.83 bits per heavy atom. The number of aliphatic carboxylic acids is 1. The molecule has 24 heavy (non-hydrogen) atoms. The zero-order valence-corrected chi connectivity index (χ0v) is 14.1. The third-order valence-electron chi connectivity index (χ3n) is 4.13. The highest BCUT2D eigenvalue weighted by Crippen LogP contribution is 2.21. The summed E-state index contributed by atoms with van der Waals surface area (Å²) in [6.07, 6.45) is 2.50. The zero-order chi connectivity index (χ0) is 17.5. The molecule has 0 bridgehead atoms. The molecule has 1 aromatic rings. The summed E-state index contributed by atoms with van der Waals surface area (Å²) >= 11 is 5.84. The van der Waals surface area contributed by atoms with Crippen molar-refractivity contribution < 1.29 is 19.5 Å². The van der Waals surface area contributed by atoms with E-state index in [0.717, 1.165) is 12.8 Å². The smallest absolute Gasteiger partial charge is 0.303 e. The van der Waals surface area contributed by atoms with E-state index in [1.807, 2.05) is 0 Å². The van der Waals surface area contributed by atoms with Crippen molar-refractivity contribution in [1.82, 2.24) is 10.2 Å². The minimum Gasteiger partial charge on any atom is -0.481 e. The van der Waals surface area contributed by atoms with E-state index in [0.29, 0.717) is 30.1 Å². The van der Waals surface area contributed by atoms with Crippen LogP contribution in [0.5, 0.6) is 0 Å². The maximum Gasteiger partial charge on any atom is 0.303 e. The molecular formula is C17H21ClN2O4. The maximum atomic E-state index is 12.3. The van der Waals surface area contributed by atoms with Crippen LogP contribution in [0.2, 0.25) is 5.02 Å². The number of amides is 2. The standard InChI is InChI=1S/C17H21ClN2O4/c18-14-5-1-4-13(9-14)17(24)19-10-15(21)20-8-2-3-12(11-20)6-7-16(22)23/h1,4-5,9,12H,2-3,6-8,10-11H2,(H,19,24)(H,22,23). The molecule has 6 nitrogen and oxygen atoms in total. The molecule has 1 aliphatic heterocycles. The highest BCUT2D eigenvalue weighted by Gasteiger charge is 2.24. The van der Waals surface area contributed by atoms with Gasteiger partial charge in [-0.3, -0.25) is 14.4 Å². The predicted molar refractivity (Wildman–Crippen MR) is 90.0 cm³/mol. The second-order valence-electron chi connectivity index (χ2n) is 5.97. The molecule has 130 valence electrons. The van der Waals surface area contributed by atoms with Crippen molar-refractivity contribution in [3.05, 3.63) is 34.9 Å². The highest BCUT2D eigenvalue weighted by atomic mass is 35.5. The number of rotatable bonds is 6. The first-order valence-electron chi connectivity index (χ1n) is 7.99. The first-order chi connectivity index (χ1) is 11.5. The molecule has 2 rings (SSSR count). The lowest BCUT2D eigenvalue weighted by Gasteiger charge is -2.32. The Morgan fingerprint density at radius 1 is 1.33 bits per heavy atom. The normalized spacial score (nSPS) is 17.4. The predicted octanol–water partition coefficient (Wildman–Crippen LogP) is 2.17. The van der Waals surface area contributed by atoms with E-state index in [9.17, 15) is 14.4 Å². The molecule has 7 heteroatoms. The molecule has 0 aliphatic carbocycles. The average molecular weight is 353 g/mol. The number of halogens is 1. The molecule has 1 aromatic carbocycles. The minimum atomic E-state index is -0.813. The number of nitrogens with zero attached hydrogens (tertiary/aromatic N) is 1. The average Bonchev–Trinajstić information content (AvgIpc) is 2.57. The molecule has 1 fully saturated rings. The molecule has 1 atom stereocenters. The van der Waals surface area contributed by atoms with Crippen molar-refractivity contribution in [2.24, 2.45) is 5.92 Å². The third-order valence-corrected chi connectivity index (χ3v) is 4.36. The van der Waals surface area contributed by atoms with Crippen molar-refractivity contribution >= 4 is 29.4 Å². The quantitative estimate of drug-likeness (QED) is 0.821. The van der Waals surface area contributed by atoms with Gasteiger partial charge in [0.2, 0.25) is 5.91 Å². The number of carbonyl (C=O) groups excluding carboxylic acids is 2. The second-order valence-corrected chi connectivity index (χ2v) is 6.41. The Hall–Kier alpha value is -2.08. The molecule has 1 heterocycles. The summed E-state index contributed by atoms with van der Waals surface area (Å²) in [4.78, 5) is 36.6. The molecule has 0 aromatic heterocycles. The third kappa shape index (κ3) is 5.53. The SMILES string of the molecule is O=C(O)CCC1CCCN(C(=O)CNC(=O)c2cccc(Cl)c2)C1. The molecule has 0 saturated carbocycles. The van der Waals surface area contributed by atoms with Crippen molar-refractivity contribution in [2.75, 3.05) is 19.6 Å². The van der Waals surface area contributed by atoms with Crippen molar-refractivity contribution in [3.8, 4) is 0 Å². The van der Waals surface area contributed by atoms with Crippen molar-refractivity contribution in [1.29, 1.82) is 0 Å². The lowest BCUT2D eigenvalue weighted by molar-refractivity contribution is -0.137. The summed E-state index contributed by atoms with van der Waals surface area (Å²) in [6.45, 7) is 1.13. The largest absolute Gasteiger partial charge is 0.481 e. The number of nitrogens with one attached hydrogen (secondary N) is 1. The van der Waals surface area contributed by atoms with Gasteiger partial charge in [-0.05, 0) is 43.4 Å². The Morgan fingerprint density at radius 2 is 2.12 bits per heavy atom. The van der Waals surface area contributed by atoms with E-state index < -0.39 is 5.97 Å². The molecule has 1 saturated heterocycles. The number of carbonyl (C=O) groups is 3. The molecule has 2 amide bonds. The molecule has 1 aliphatic rings. The summed E-state index contributed by atoms with van der Waals surface area (Å²) in [5, 5.41) is 11.8. The summed E-state index contributed by atoms with van der Waals surface area (Å²) in [5.74, 6) is -1.09. The van der Waals surface area contributed by atoms with Gasteiger partial charge in [0.25, 0.3) is 5.91 Å². The van der Waals surface area contributed by atoms with Gasteiger partial charge in [-0.25, -0.2) is 0 Å². The van der Waals surface area contributed by atoms with E-state index >= 15 is 0 Å². The fourth-order valence-corrected chi connectivity index (χ4v) is 3.04. The number of carboxylic acid groups (broad SMARTS) is 1. The van der Waals surface area contributed by atoms with Crippen LogP contribution in [0.3, 0.4) is 0 Å². The lowest BCUT2D eigenvalue weighted by Crippen LogP contribution is -2.45. The van der Waals surface area contributed by atoms with E-state index in [4.69, 9.17) is 16.7 Å². The Bertz CT molecular complexity index is 620. The van der Waals surface area contributed by atoms with Gasteiger partial charge in [-0.15, -0.1) is 0 Å². The molecular weight excluding hydrogens is 332 g/mol. The summed E-state index contributed by atoms with van der Waals surface area (Å²) in [6, 6.07) is 6.53. The minimum absolute atomic E-state index is 0.0724. The molecule has 0 radical (unpaired) electrons. The van der Waals surface area contributed by atoms with Crippen LogP contribution in [-0.2, 0) is 9.59 Å². The number of hydrogen-bond acceptors (Lipinski definition) is 3. The van der Waals surface area contributed by atoms with Crippen LogP contribution in [0.15, 0.2) is 24.3 Å². The topological polar surface area (TPSA) is 86.7 Å². The van der Waals surface area contributed by atoms with Gasteiger partial charge in [-0.2, -0.15) is 0 Å². The van der Waals surface area contributed by atoms with Crippen LogP contribution in [-0.4, -0.2) is 47.4 Å². The van der Waals surface area contributed by atoms with Crippen LogP contribution < -0.4 is 5.32 Å². The summed E-state index contributed by atoms with van der Waals surface area (Å²) in [7, 11) is 0. The number of carboxylic acids is 1. The second kappa shape index (κ2) is 8.68. The fourth-order valence-electron chi connectivity index (χ4n) is 2.85. The Labute approximate surface area is 145 Å². The van der Waals surface area contributed by atoms with Crippen LogP contribution in [0.4, 0.5) is 0 Å². The van der Waals surface area contributed by atoms with Gasteiger partial charge in [0, 0.05) is 30.1 Å². The van der Waals surface area contributed by atoms with Gasteiger partial charge in [0.15, 0.2) is 0 Å². The van der Waals surface area contributed by atoms with Crippen LogP contribution >= 0.6 is 11.6 Å². The zero-order valence-electron chi connectivity index (χ0n) is 13.3. The monoisotopic (exact) mass is 352 g/mol. The first-order valence-corrected chi connectivity index (χ1v) is 8.37. The fraction of sp³-hybridized carbons (Fsp3) is 0.471. The first kappa shape index (κ1) is 18.3. The van der Waals surface area contributed by atoms with Gasteiger partial charge in [0.05, 0.1) is 6.54 Å². The Kier molecular flexibility index (Phi) is 6.61. The number of piperidine rings is 1. The van der Waals surface area contributed by atoms with Gasteiger partial charge in [0.1, 0.15) is 0 Å². The Balaban J connectivity index is 1.81. The number of hydrogen-bond donors (Lipinski definition) is 2. The molecule has 2 N–H and O–H groups in total. The van der Waals surface area contributed by atoms with Crippen LogP contribution in [0, 0.1) is 5.92 Å². The van der Waals surface area contributed by atoms with E-state index in [2.05, 4.69) is 5.32 Å². The van der Waals surface area contributed by atoms with E-state index in [1.165, 1.54) is 0 Å². The number of benzene rings is 1.